The van der Waals surface area contributed by atoms with E-state index in [-0.39, 0.29) is 23.2 Å². The average Bonchev–Trinajstić information content (AvgIpc) is 2.82. The van der Waals surface area contributed by atoms with Crippen LogP contribution in [-0.2, 0) is 11.3 Å². The monoisotopic (exact) mass is 491 g/mol. The van der Waals surface area contributed by atoms with E-state index in [0.717, 1.165) is 25.2 Å². The summed E-state index contributed by atoms with van der Waals surface area (Å²) in [6.45, 7) is 5.47. The molecular formula is C25H28F3N3O4. The Labute approximate surface area is 201 Å². The van der Waals surface area contributed by atoms with Crippen molar-refractivity contribution in [3.8, 4) is 11.5 Å². The van der Waals surface area contributed by atoms with Gasteiger partial charge in [-0.3, -0.25) is 14.6 Å². The third-order valence-corrected chi connectivity index (χ3v) is 6.96. The summed E-state index contributed by atoms with van der Waals surface area (Å²) in [6, 6.07) is 13.3. The topological polar surface area (TPSA) is 54.5 Å². The largest absolute Gasteiger partial charge is 0.573 e. The second-order valence-corrected chi connectivity index (χ2v) is 9.40. The number of ether oxygens (including phenoxy) is 3. The van der Waals surface area contributed by atoms with Crippen LogP contribution in [0.15, 0.2) is 48.5 Å². The highest BCUT2D eigenvalue weighted by molar-refractivity contribution is 5.94. The van der Waals surface area contributed by atoms with Crippen molar-refractivity contribution < 1.29 is 32.2 Å². The predicted octanol–water partition coefficient (Wildman–Crippen LogP) is 3.01. The van der Waals surface area contributed by atoms with E-state index in [9.17, 15) is 18.0 Å². The number of morpholine rings is 1. The highest BCUT2D eigenvalue weighted by atomic mass is 19.4. The van der Waals surface area contributed by atoms with Gasteiger partial charge in [0.25, 0.3) is 5.91 Å². The lowest BCUT2D eigenvalue weighted by Crippen LogP contribution is -2.80. The minimum atomic E-state index is -4.70. The Hall–Kier alpha value is -2.82. The summed E-state index contributed by atoms with van der Waals surface area (Å²) in [6.07, 6.45) is -4.70. The first kappa shape index (κ1) is 23.9. The van der Waals surface area contributed by atoms with Crippen LogP contribution in [0.3, 0.4) is 0 Å². The number of likely N-dealkylation sites (tertiary alicyclic amines) is 1. The molecule has 188 valence electrons. The number of nitrogens with zero attached hydrogens (tertiary/aromatic N) is 3. The first-order valence-electron chi connectivity index (χ1n) is 11.6. The van der Waals surface area contributed by atoms with Crippen LogP contribution in [-0.4, -0.2) is 91.6 Å². The van der Waals surface area contributed by atoms with Gasteiger partial charge in [-0.25, -0.2) is 0 Å². The number of methoxy groups -OCH3 is 1. The van der Waals surface area contributed by atoms with Gasteiger partial charge in [-0.1, -0.05) is 18.2 Å². The maximum Gasteiger partial charge on any atom is 0.573 e. The van der Waals surface area contributed by atoms with Crippen molar-refractivity contribution in [2.24, 2.45) is 0 Å². The number of alkyl halides is 3. The second kappa shape index (κ2) is 9.33. The van der Waals surface area contributed by atoms with Crippen LogP contribution in [0.1, 0.15) is 15.9 Å². The average molecular weight is 492 g/mol. The number of carbonyl (C=O) groups excluding carboxylic acids is 1. The predicted molar refractivity (Wildman–Crippen MR) is 121 cm³/mol. The summed E-state index contributed by atoms with van der Waals surface area (Å²) in [5.41, 5.74) is 1.34. The molecule has 0 radical (unpaired) electrons. The molecule has 3 heterocycles. The van der Waals surface area contributed by atoms with Crippen LogP contribution in [0.4, 0.5) is 13.2 Å². The van der Waals surface area contributed by atoms with Gasteiger partial charge >= 0.3 is 6.36 Å². The fourth-order valence-electron chi connectivity index (χ4n) is 5.52. The third kappa shape index (κ3) is 5.10. The number of benzene rings is 2. The molecule has 3 aliphatic rings. The Morgan fingerprint density at radius 2 is 1.89 bits per heavy atom. The summed E-state index contributed by atoms with van der Waals surface area (Å²) >= 11 is 0. The number of rotatable bonds is 5. The van der Waals surface area contributed by atoms with Crippen LogP contribution in [0.5, 0.6) is 11.5 Å². The fraction of sp³-hybridized carbons (Fsp3) is 0.480. The molecule has 0 saturated carbocycles. The molecule has 10 heteroatoms. The molecule has 3 fully saturated rings. The third-order valence-electron chi connectivity index (χ3n) is 6.96. The van der Waals surface area contributed by atoms with Gasteiger partial charge in [0.1, 0.15) is 11.5 Å². The summed E-state index contributed by atoms with van der Waals surface area (Å²) in [7, 11) is 1.58. The Balaban J connectivity index is 1.27. The molecular weight excluding hydrogens is 463 g/mol. The number of halogens is 3. The number of piperazine rings is 1. The highest BCUT2D eigenvalue weighted by Gasteiger charge is 2.54. The van der Waals surface area contributed by atoms with Crippen LogP contribution >= 0.6 is 0 Å². The zero-order chi connectivity index (χ0) is 24.6. The number of amides is 1. The summed E-state index contributed by atoms with van der Waals surface area (Å²) in [4.78, 5) is 20.0. The van der Waals surface area contributed by atoms with E-state index < -0.39 is 6.36 Å². The quantitative estimate of drug-likeness (QED) is 0.641. The smallest absolute Gasteiger partial charge is 0.497 e. The maximum atomic E-state index is 13.4. The van der Waals surface area contributed by atoms with E-state index >= 15 is 0 Å². The molecule has 2 aromatic carbocycles. The molecule has 0 aromatic heterocycles. The standard InChI is InChI=1S/C25H28F3N3O4/c1-33-22-4-2-3-19(11-22)23(32)30-13-20-14-34-10-9-31(20)24(17-30)15-29(16-24)12-18-5-7-21(8-6-18)35-25(26,27)28/h2-8,11,20H,9-10,12-17H2,1H3. The Kier molecular flexibility index (Phi) is 6.37. The van der Waals surface area contributed by atoms with E-state index in [1.54, 1.807) is 31.4 Å². The van der Waals surface area contributed by atoms with Crippen molar-refractivity contribution in [3.63, 3.8) is 0 Å². The van der Waals surface area contributed by atoms with Crippen molar-refractivity contribution in [2.75, 3.05) is 53.0 Å². The van der Waals surface area contributed by atoms with Crippen LogP contribution < -0.4 is 9.47 Å². The van der Waals surface area contributed by atoms with E-state index in [0.29, 0.717) is 44.2 Å². The second-order valence-electron chi connectivity index (χ2n) is 9.40. The number of carbonyl (C=O) groups is 1. The van der Waals surface area contributed by atoms with Crippen molar-refractivity contribution in [1.29, 1.82) is 0 Å². The van der Waals surface area contributed by atoms with E-state index in [2.05, 4.69) is 14.5 Å². The van der Waals surface area contributed by atoms with Gasteiger partial charge in [0, 0.05) is 44.8 Å². The first-order chi connectivity index (χ1) is 16.7. The Morgan fingerprint density at radius 3 is 2.60 bits per heavy atom. The summed E-state index contributed by atoms with van der Waals surface area (Å²) < 4.78 is 52.2. The van der Waals surface area contributed by atoms with Gasteiger partial charge in [0.2, 0.25) is 0 Å². The minimum absolute atomic E-state index is 0.0211. The molecule has 35 heavy (non-hydrogen) atoms. The number of hydrogen-bond donors (Lipinski definition) is 0. The molecule has 0 bridgehead atoms. The SMILES string of the molecule is COc1cccc(C(=O)N2CC3COCCN3C3(CN(Cc4ccc(OC(F)(F)F)cc4)C3)C2)c1. The van der Waals surface area contributed by atoms with Crippen LogP contribution in [0.2, 0.25) is 0 Å². The molecule has 0 aliphatic carbocycles. The molecule has 1 unspecified atom stereocenters. The maximum absolute atomic E-state index is 13.4. The minimum Gasteiger partial charge on any atom is -0.497 e. The summed E-state index contributed by atoms with van der Waals surface area (Å²) in [5, 5.41) is 0. The van der Waals surface area contributed by atoms with Gasteiger partial charge in [-0.2, -0.15) is 0 Å². The Bertz CT molecular complexity index is 1060. The lowest BCUT2D eigenvalue weighted by molar-refractivity contribution is -0.274. The lowest BCUT2D eigenvalue weighted by Gasteiger charge is -2.63. The van der Waals surface area contributed by atoms with Crippen molar-refractivity contribution in [3.05, 3.63) is 59.7 Å². The molecule has 1 spiro atoms. The van der Waals surface area contributed by atoms with E-state index in [1.165, 1.54) is 12.1 Å². The molecule has 2 aromatic rings. The normalized spacial score (nSPS) is 22.4. The van der Waals surface area contributed by atoms with Crippen LogP contribution in [0.25, 0.3) is 0 Å². The molecule has 0 N–H and O–H groups in total. The van der Waals surface area contributed by atoms with Crippen molar-refractivity contribution in [1.82, 2.24) is 14.7 Å². The fourth-order valence-corrected chi connectivity index (χ4v) is 5.52. The van der Waals surface area contributed by atoms with Gasteiger partial charge in [-0.05, 0) is 35.9 Å². The number of hydrogen-bond acceptors (Lipinski definition) is 6. The van der Waals surface area contributed by atoms with Crippen LogP contribution in [0, 0.1) is 0 Å². The highest BCUT2D eigenvalue weighted by Crippen LogP contribution is 2.37. The van der Waals surface area contributed by atoms with Gasteiger partial charge < -0.3 is 19.1 Å². The molecule has 1 amide bonds. The van der Waals surface area contributed by atoms with Gasteiger partial charge in [0.15, 0.2) is 0 Å². The van der Waals surface area contributed by atoms with Crippen molar-refractivity contribution >= 4 is 5.91 Å². The van der Waals surface area contributed by atoms with Gasteiger partial charge in [-0.15, -0.1) is 13.2 Å². The lowest BCUT2D eigenvalue weighted by atomic mass is 9.82. The Morgan fingerprint density at radius 1 is 1.11 bits per heavy atom. The zero-order valence-electron chi connectivity index (χ0n) is 19.5. The summed E-state index contributed by atoms with van der Waals surface area (Å²) in [5.74, 6) is 0.398. The van der Waals surface area contributed by atoms with E-state index in [4.69, 9.17) is 9.47 Å². The van der Waals surface area contributed by atoms with E-state index in [1.807, 2.05) is 17.0 Å². The molecule has 5 rings (SSSR count). The molecule has 7 nitrogen and oxygen atoms in total. The zero-order valence-corrected chi connectivity index (χ0v) is 19.5. The first-order valence-corrected chi connectivity index (χ1v) is 11.6. The van der Waals surface area contributed by atoms with Gasteiger partial charge in [0.05, 0.1) is 31.9 Å². The number of fused-ring (bicyclic) bond motifs is 2. The molecule has 3 aliphatic heterocycles. The molecule has 1 atom stereocenters. The molecule has 3 saturated heterocycles. The van der Waals surface area contributed by atoms with Crippen molar-refractivity contribution in [2.45, 2.75) is 24.5 Å².